The maximum absolute atomic E-state index is 12.7. The monoisotopic (exact) mass is 755 g/mol. The number of carbonyl (C=O) groups excluding carboxylic acids is 3. The van der Waals surface area contributed by atoms with Gasteiger partial charge in [-0.25, -0.2) is 0 Å². The lowest BCUT2D eigenvalue weighted by molar-refractivity contribution is -0.167. The van der Waals surface area contributed by atoms with E-state index in [4.69, 9.17) is 14.2 Å². The Kier molecular flexibility index (Phi) is 40.6. The minimum atomic E-state index is -0.794. The van der Waals surface area contributed by atoms with Crippen LogP contribution in [0.2, 0.25) is 0 Å². The molecule has 1 atom stereocenters. The second-order valence-electron chi connectivity index (χ2n) is 14.7. The second-order valence-corrected chi connectivity index (χ2v) is 14.7. The molecule has 0 saturated carbocycles. The van der Waals surface area contributed by atoms with Gasteiger partial charge >= 0.3 is 17.9 Å². The fourth-order valence-corrected chi connectivity index (χ4v) is 5.80. The van der Waals surface area contributed by atoms with E-state index >= 15 is 0 Å². The van der Waals surface area contributed by atoms with E-state index in [-0.39, 0.29) is 31.1 Å². The van der Waals surface area contributed by atoms with Crippen molar-refractivity contribution >= 4 is 17.9 Å². The number of ether oxygens (including phenoxy) is 3. The highest BCUT2D eigenvalue weighted by atomic mass is 16.6. The van der Waals surface area contributed by atoms with Crippen LogP contribution in [0.1, 0.15) is 207 Å². The average Bonchev–Trinajstić information content (AvgIpc) is 3.17. The molecule has 0 spiro atoms. The first kappa shape index (κ1) is 51.1. The molecule has 0 bridgehead atoms. The molecule has 0 radical (unpaired) electrons. The van der Waals surface area contributed by atoms with Crippen molar-refractivity contribution in [2.24, 2.45) is 0 Å². The minimum Gasteiger partial charge on any atom is -0.462 e. The van der Waals surface area contributed by atoms with Crippen molar-refractivity contribution in [3.8, 4) is 0 Å². The summed E-state index contributed by atoms with van der Waals surface area (Å²) in [4.78, 5) is 37.6. The first-order valence-electron chi connectivity index (χ1n) is 22.3. The zero-order chi connectivity index (χ0) is 39.4. The Morgan fingerprint density at radius 2 is 0.685 bits per heavy atom. The minimum absolute atomic E-state index is 0.0956. The topological polar surface area (TPSA) is 78.9 Å². The summed E-state index contributed by atoms with van der Waals surface area (Å²) in [5.74, 6) is -0.955. The van der Waals surface area contributed by atoms with Crippen molar-refractivity contribution in [2.45, 2.75) is 213 Å². The van der Waals surface area contributed by atoms with Gasteiger partial charge in [0.05, 0.1) is 0 Å². The molecule has 0 saturated heterocycles. The van der Waals surface area contributed by atoms with Gasteiger partial charge in [0.1, 0.15) is 13.2 Å². The van der Waals surface area contributed by atoms with Crippen LogP contribution in [0.3, 0.4) is 0 Å². The van der Waals surface area contributed by atoms with E-state index < -0.39 is 6.10 Å². The molecule has 0 amide bonds. The van der Waals surface area contributed by atoms with Gasteiger partial charge in [0.25, 0.3) is 0 Å². The van der Waals surface area contributed by atoms with Crippen molar-refractivity contribution in [2.75, 3.05) is 13.2 Å². The summed E-state index contributed by atoms with van der Waals surface area (Å²) in [6.07, 6.45) is 50.6. The summed E-state index contributed by atoms with van der Waals surface area (Å²) < 4.78 is 16.6. The normalized spacial score (nSPS) is 12.6. The predicted molar refractivity (Wildman–Crippen MR) is 228 cm³/mol. The van der Waals surface area contributed by atoms with Crippen LogP contribution >= 0.6 is 0 Å². The van der Waals surface area contributed by atoms with E-state index in [9.17, 15) is 14.4 Å². The molecule has 0 aliphatic heterocycles. The highest BCUT2D eigenvalue weighted by molar-refractivity contribution is 5.71. The van der Waals surface area contributed by atoms with Gasteiger partial charge in [-0.3, -0.25) is 14.4 Å². The van der Waals surface area contributed by atoms with Crippen molar-refractivity contribution in [3.63, 3.8) is 0 Å². The molecule has 0 fully saturated rings. The lowest BCUT2D eigenvalue weighted by atomic mass is 10.1. The summed E-state index contributed by atoms with van der Waals surface area (Å²) >= 11 is 0. The molecular formula is C48H82O6. The van der Waals surface area contributed by atoms with Gasteiger partial charge < -0.3 is 14.2 Å². The lowest BCUT2D eigenvalue weighted by Crippen LogP contribution is -2.30. The van der Waals surface area contributed by atoms with Gasteiger partial charge in [-0.2, -0.15) is 0 Å². The quantitative estimate of drug-likeness (QED) is 0.0204. The third-order valence-corrected chi connectivity index (χ3v) is 9.27. The molecule has 54 heavy (non-hydrogen) atoms. The van der Waals surface area contributed by atoms with Crippen molar-refractivity contribution in [1.29, 1.82) is 0 Å². The standard InChI is InChI=1S/C48H82O6/c1-4-7-10-13-16-19-22-23-24-25-27-29-32-35-38-41-47(50)53-44-45(43-52-46(49)40-37-34-31-28-21-18-15-12-9-6-3)54-48(51)42-39-36-33-30-26-20-17-14-11-8-5-2/h14-20,22-23,26,45H,4-13,21,24-25,27-44H2,1-3H3/b17-14-,18-15-,19-16-,23-22-,26-20-. The Morgan fingerprint density at radius 1 is 0.370 bits per heavy atom. The highest BCUT2D eigenvalue weighted by Gasteiger charge is 2.19. The Balaban J connectivity index is 4.43. The summed E-state index contributed by atoms with van der Waals surface area (Å²) in [7, 11) is 0. The molecule has 0 aliphatic rings. The molecule has 310 valence electrons. The Morgan fingerprint density at radius 3 is 1.13 bits per heavy atom. The molecule has 6 heteroatoms. The molecular weight excluding hydrogens is 673 g/mol. The molecule has 0 N–H and O–H groups in total. The Labute approximate surface area is 332 Å². The summed E-state index contributed by atoms with van der Waals surface area (Å²) in [6.45, 7) is 6.44. The lowest BCUT2D eigenvalue weighted by Gasteiger charge is -2.18. The van der Waals surface area contributed by atoms with E-state index in [1.165, 1.54) is 70.6 Å². The molecule has 0 rings (SSSR count). The molecule has 0 aromatic carbocycles. The van der Waals surface area contributed by atoms with Gasteiger partial charge in [-0.15, -0.1) is 0 Å². The predicted octanol–water partition coefficient (Wildman–Crippen LogP) is 14.1. The van der Waals surface area contributed by atoms with Crippen LogP contribution in [-0.4, -0.2) is 37.2 Å². The zero-order valence-electron chi connectivity index (χ0n) is 35.2. The fourth-order valence-electron chi connectivity index (χ4n) is 5.80. The highest BCUT2D eigenvalue weighted by Crippen LogP contribution is 2.12. The smallest absolute Gasteiger partial charge is 0.306 e. The van der Waals surface area contributed by atoms with E-state index in [2.05, 4.69) is 81.5 Å². The number of unbranched alkanes of at least 4 members (excludes halogenated alkanes) is 20. The Bertz CT molecular complexity index is 1010. The first-order valence-corrected chi connectivity index (χ1v) is 22.3. The van der Waals surface area contributed by atoms with Crippen molar-refractivity contribution < 1.29 is 28.6 Å². The van der Waals surface area contributed by atoms with Crippen LogP contribution in [0.15, 0.2) is 60.8 Å². The van der Waals surface area contributed by atoms with Gasteiger partial charge in [0, 0.05) is 19.3 Å². The molecule has 0 aromatic rings. The number of rotatable bonds is 39. The third kappa shape index (κ3) is 40.3. The summed E-state index contributed by atoms with van der Waals surface area (Å²) in [5.41, 5.74) is 0. The van der Waals surface area contributed by atoms with Crippen LogP contribution < -0.4 is 0 Å². The largest absolute Gasteiger partial charge is 0.462 e. The van der Waals surface area contributed by atoms with E-state index in [1.54, 1.807) is 0 Å². The Hall–Kier alpha value is -2.89. The second kappa shape index (κ2) is 42.8. The average molecular weight is 755 g/mol. The van der Waals surface area contributed by atoms with Crippen LogP contribution in [0.5, 0.6) is 0 Å². The third-order valence-electron chi connectivity index (χ3n) is 9.27. The van der Waals surface area contributed by atoms with E-state index in [0.717, 1.165) is 96.3 Å². The first-order chi connectivity index (χ1) is 26.5. The van der Waals surface area contributed by atoms with Gasteiger partial charge in [0.2, 0.25) is 0 Å². The number of allylic oxidation sites excluding steroid dienone is 10. The fraction of sp³-hybridized carbons (Fsp3) is 0.729. The van der Waals surface area contributed by atoms with E-state index in [1.807, 2.05) is 0 Å². The maximum atomic E-state index is 12.7. The molecule has 0 aromatic heterocycles. The molecule has 0 aliphatic carbocycles. The number of hydrogen-bond donors (Lipinski definition) is 0. The van der Waals surface area contributed by atoms with Gasteiger partial charge in [-0.1, -0.05) is 165 Å². The molecule has 1 unspecified atom stereocenters. The van der Waals surface area contributed by atoms with Gasteiger partial charge in [0.15, 0.2) is 6.10 Å². The summed E-state index contributed by atoms with van der Waals surface area (Å²) in [6, 6.07) is 0. The number of esters is 3. The summed E-state index contributed by atoms with van der Waals surface area (Å²) in [5, 5.41) is 0. The van der Waals surface area contributed by atoms with Crippen LogP contribution in [0, 0.1) is 0 Å². The van der Waals surface area contributed by atoms with Crippen molar-refractivity contribution in [3.05, 3.63) is 60.8 Å². The SMILES string of the molecule is CCCC/C=C\C=C/CCCCCC(=O)OC(COC(=O)CCCCCC/C=C\CCCC)COC(=O)CCCCCCCC/C=C\C=C/CCCCC. The molecule has 6 nitrogen and oxygen atoms in total. The van der Waals surface area contributed by atoms with Crippen LogP contribution in [-0.2, 0) is 28.6 Å². The van der Waals surface area contributed by atoms with Crippen molar-refractivity contribution in [1.82, 2.24) is 0 Å². The molecule has 0 heterocycles. The number of carbonyl (C=O) groups is 3. The number of hydrogen-bond acceptors (Lipinski definition) is 6. The maximum Gasteiger partial charge on any atom is 0.306 e. The van der Waals surface area contributed by atoms with Gasteiger partial charge in [-0.05, 0) is 83.5 Å². The van der Waals surface area contributed by atoms with Crippen LogP contribution in [0.4, 0.5) is 0 Å². The van der Waals surface area contributed by atoms with Crippen LogP contribution in [0.25, 0.3) is 0 Å². The zero-order valence-corrected chi connectivity index (χ0v) is 35.2. The van der Waals surface area contributed by atoms with E-state index in [0.29, 0.717) is 19.3 Å².